The van der Waals surface area contributed by atoms with Crippen LogP contribution in [0.25, 0.3) is 0 Å². The topological polar surface area (TPSA) is 38.0 Å². The van der Waals surface area contributed by atoms with Gasteiger partial charge in [0, 0.05) is 33.7 Å². The van der Waals surface area contributed by atoms with E-state index in [1.54, 1.807) is 0 Å². The normalized spacial score (nSPS) is 27.4. The van der Waals surface area contributed by atoms with Gasteiger partial charge in [0.2, 0.25) is 0 Å². The van der Waals surface area contributed by atoms with Crippen molar-refractivity contribution in [2.24, 2.45) is 5.73 Å². The van der Waals surface area contributed by atoms with E-state index in [9.17, 15) is 0 Å². The molecule has 1 saturated heterocycles. The Hall–Kier alpha value is 0.608. The number of rotatable bonds is 1. The van der Waals surface area contributed by atoms with Gasteiger partial charge >= 0.3 is 0 Å². The van der Waals surface area contributed by atoms with Gasteiger partial charge < -0.3 is 11.1 Å². The van der Waals surface area contributed by atoms with E-state index in [0.29, 0.717) is 6.04 Å². The van der Waals surface area contributed by atoms with E-state index in [0.717, 1.165) is 6.54 Å². The molecule has 0 bridgehead atoms. The van der Waals surface area contributed by atoms with E-state index in [1.807, 2.05) is 0 Å². The van der Waals surface area contributed by atoms with Gasteiger partial charge in [-0.25, -0.2) is 0 Å². The summed E-state index contributed by atoms with van der Waals surface area (Å²) in [6.45, 7) is 1.97. The molecule has 1 atom stereocenters. The molecule has 1 unspecified atom stereocenters. The molecule has 0 aromatic rings. The maximum atomic E-state index is 5.37. The molecule has 1 fully saturated rings. The van der Waals surface area contributed by atoms with Crippen molar-refractivity contribution in [1.29, 1.82) is 0 Å². The monoisotopic (exact) mass is 295 g/mol. The molecule has 1 aliphatic rings. The molecule has 0 aliphatic carbocycles. The summed E-state index contributed by atoms with van der Waals surface area (Å²) >= 11 is 0. The summed E-state index contributed by atoms with van der Waals surface area (Å²) < 4.78 is 0. The van der Waals surface area contributed by atoms with Gasteiger partial charge in [0.05, 0.1) is 0 Å². The van der Waals surface area contributed by atoms with E-state index in [1.165, 1.54) is 19.4 Å². The minimum Gasteiger partial charge on any atom is -0.329 e. The van der Waals surface area contributed by atoms with Crippen LogP contribution in [0, 0.1) is 0 Å². The SMILES string of the molecule is NCC1CCCN1.[Pt]. The van der Waals surface area contributed by atoms with Crippen LogP contribution in [-0.2, 0) is 21.1 Å². The predicted octanol–water partition coefficient (Wildman–Crippen LogP) is -0.305. The Labute approximate surface area is 64.5 Å². The summed E-state index contributed by atoms with van der Waals surface area (Å²) in [4.78, 5) is 0. The Morgan fingerprint density at radius 1 is 1.62 bits per heavy atom. The van der Waals surface area contributed by atoms with E-state index in [-0.39, 0.29) is 21.1 Å². The molecule has 2 nitrogen and oxygen atoms in total. The van der Waals surface area contributed by atoms with Crippen LogP contribution >= 0.6 is 0 Å². The molecular weight excluding hydrogens is 283 g/mol. The van der Waals surface area contributed by atoms with Gasteiger partial charge in [0.15, 0.2) is 0 Å². The Bertz CT molecular complexity index is 52.4. The number of hydrogen-bond acceptors (Lipinski definition) is 2. The largest absolute Gasteiger partial charge is 0.329 e. The van der Waals surface area contributed by atoms with Gasteiger partial charge in [0.25, 0.3) is 0 Å². The maximum absolute atomic E-state index is 5.37. The van der Waals surface area contributed by atoms with Crippen molar-refractivity contribution in [1.82, 2.24) is 5.32 Å². The second kappa shape index (κ2) is 4.48. The Balaban J connectivity index is 0.000000490. The second-order valence-corrected chi connectivity index (χ2v) is 2.03. The van der Waals surface area contributed by atoms with Crippen LogP contribution < -0.4 is 11.1 Å². The third kappa shape index (κ3) is 2.25. The quantitative estimate of drug-likeness (QED) is 0.697. The first-order valence-electron chi connectivity index (χ1n) is 2.87. The van der Waals surface area contributed by atoms with Gasteiger partial charge in [-0.05, 0) is 19.4 Å². The molecule has 0 spiro atoms. The minimum atomic E-state index is 0. The van der Waals surface area contributed by atoms with Crippen LogP contribution in [0.4, 0.5) is 0 Å². The summed E-state index contributed by atoms with van der Waals surface area (Å²) in [5, 5.41) is 3.28. The third-order valence-corrected chi connectivity index (χ3v) is 1.45. The van der Waals surface area contributed by atoms with E-state index < -0.39 is 0 Å². The Morgan fingerprint density at radius 2 is 2.38 bits per heavy atom. The zero-order chi connectivity index (χ0) is 5.11. The van der Waals surface area contributed by atoms with Gasteiger partial charge in [-0.1, -0.05) is 0 Å². The molecule has 1 rings (SSSR count). The fourth-order valence-corrected chi connectivity index (χ4v) is 0.958. The zero-order valence-corrected chi connectivity index (χ0v) is 7.07. The molecule has 1 aliphatic heterocycles. The van der Waals surface area contributed by atoms with Gasteiger partial charge in [-0.15, -0.1) is 0 Å². The molecule has 1 heterocycles. The van der Waals surface area contributed by atoms with Gasteiger partial charge in [-0.2, -0.15) is 0 Å². The molecule has 52 valence electrons. The minimum absolute atomic E-state index is 0. The first kappa shape index (κ1) is 8.61. The van der Waals surface area contributed by atoms with Crippen LogP contribution in [0.2, 0.25) is 0 Å². The van der Waals surface area contributed by atoms with Crippen LogP contribution in [-0.4, -0.2) is 19.1 Å². The third-order valence-electron chi connectivity index (χ3n) is 1.45. The maximum Gasteiger partial charge on any atom is 0.0190 e. The molecule has 0 radical (unpaired) electrons. The summed E-state index contributed by atoms with van der Waals surface area (Å²) in [6.07, 6.45) is 2.58. The van der Waals surface area contributed by atoms with Crippen LogP contribution in [0.1, 0.15) is 12.8 Å². The number of hydrogen-bond donors (Lipinski definition) is 2. The van der Waals surface area contributed by atoms with Crippen molar-refractivity contribution in [3.05, 3.63) is 0 Å². The molecular formula is C5H12N2Pt. The summed E-state index contributed by atoms with van der Waals surface area (Å²) in [6, 6.07) is 0.625. The van der Waals surface area contributed by atoms with E-state index in [4.69, 9.17) is 5.73 Å². The van der Waals surface area contributed by atoms with Crippen LogP contribution in [0.5, 0.6) is 0 Å². The van der Waals surface area contributed by atoms with E-state index >= 15 is 0 Å². The standard InChI is InChI=1S/C5H12N2.Pt/c6-4-5-2-1-3-7-5;/h5,7H,1-4,6H2;. The smallest absolute Gasteiger partial charge is 0.0190 e. The summed E-state index contributed by atoms with van der Waals surface area (Å²) in [7, 11) is 0. The fourth-order valence-electron chi connectivity index (χ4n) is 0.958. The predicted molar refractivity (Wildman–Crippen MR) is 30.1 cm³/mol. The molecule has 3 heteroatoms. The average molecular weight is 295 g/mol. The van der Waals surface area contributed by atoms with Crippen molar-refractivity contribution in [2.45, 2.75) is 18.9 Å². The van der Waals surface area contributed by atoms with E-state index in [2.05, 4.69) is 5.32 Å². The number of nitrogens with one attached hydrogen (secondary N) is 1. The van der Waals surface area contributed by atoms with Crippen LogP contribution in [0.15, 0.2) is 0 Å². The fraction of sp³-hybridized carbons (Fsp3) is 1.00. The van der Waals surface area contributed by atoms with Crippen molar-refractivity contribution >= 4 is 0 Å². The second-order valence-electron chi connectivity index (χ2n) is 2.03. The van der Waals surface area contributed by atoms with Crippen LogP contribution in [0.3, 0.4) is 0 Å². The molecule has 0 amide bonds. The molecule has 8 heavy (non-hydrogen) atoms. The Morgan fingerprint density at radius 3 is 2.62 bits per heavy atom. The van der Waals surface area contributed by atoms with Crippen molar-refractivity contribution in [2.75, 3.05) is 13.1 Å². The Kier molecular flexibility index (Phi) is 4.82. The van der Waals surface area contributed by atoms with Crippen molar-refractivity contribution in [3.63, 3.8) is 0 Å². The zero-order valence-electron chi connectivity index (χ0n) is 4.80. The first-order valence-corrected chi connectivity index (χ1v) is 2.87. The van der Waals surface area contributed by atoms with Gasteiger partial charge in [0.1, 0.15) is 0 Å². The summed E-state index contributed by atoms with van der Waals surface area (Å²) in [5.74, 6) is 0. The summed E-state index contributed by atoms with van der Waals surface area (Å²) in [5.41, 5.74) is 5.37. The molecule has 0 aromatic carbocycles. The van der Waals surface area contributed by atoms with Crippen molar-refractivity contribution < 1.29 is 21.1 Å². The molecule has 0 aromatic heterocycles. The first-order chi connectivity index (χ1) is 3.43. The molecule has 0 saturated carbocycles. The van der Waals surface area contributed by atoms with Crippen molar-refractivity contribution in [3.8, 4) is 0 Å². The number of nitrogens with two attached hydrogens (primary N) is 1. The van der Waals surface area contributed by atoms with Gasteiger partial charge in [-0.3, -0.25) is 0 Å². The average Bonchev–Trinajstić information content (AvgIpc) is 2.14. The molecule has 3 N–H and O–H groups in total.